The van der Waals surface area contributed by atoms with Crippen LogP contribution in [0.1, 0.15) is 5.56 Å². The molecule has 0 saturated heterocycles. The second kappa shape index (κ2) is 7.48. The highest BCUT2D eigenvalue weighted by Gasteiger charge is 2.31. The normalized spacial score (nSPS) is 11.0. The molecule has 2 aromatic carbocycles. The summed E-state index contributed by atoms with van der Waals surface area (Å²) >= 11 is 0. The lowest BCUT2D eigenvalue weighted by Crippen LogP contribution is -2.16. The van der Waals surface area contributed by atoms with Gasteiger partial charge >= 0.3 is 6.36 Å². The molecule has 0 saturated carbocycles. The van der Waals surface area contributed by atoms with E-state index in [0.717, 1.165) is 0 Å². The second-order valence-electron chi connectivity index (χ2n) is 5.70. The zero-order valence-corrected chi connectivity index (χ0v) is 14.6. The average Bonchev–Trinajstić information content (AvgIpc) is 2.66. The third kappa shape index (κ3) is 3.99. The lowest BCUT2D eigenvalue weighted by Gasteiger charge is -2.13. The number of hydrogen-bond acceptors (Lipinski definition) is 5. The summed E-state index contributed by atoms with van der Waals surface area (Å²) in [6.07, 6.45) is -4.78. The van der Waals surface area contributed by atoms with Crippen LogP contribution in [0.5, 0.6) is 11.5 Å². The van der Waals surface area contributed by atoms with Crippen molar-refractivity contribution in [3.63, 3.8) is 0 Å². The number of halogens is 3. The largest absolute Gasteiger partial charge is 0.573 e. The van der Waals surface area contributed by atoms with Crippen LogP contribution in [0.3, 0.4) is 0 Å². The highest BCUT2D eigenvalue weighted by atomic mass is 19.4. The number of nitriles is 1. The molecule has 0 spiro atoms. The number of nitrogen functional groups attached to an aromatic ring is 1. The van der Waals surface area contributed by atoms with Gasteiger partial charge in [0.15, 0.2) is 0 Å². The molecule has 0 atom stereocenters. The van der Waals surface area contributed by atoms with Crippen molar-refractivity contribution in [3.8, 4) is 40.0 Å². The quantitative estimate of drug-likeness (QED) is 0.699. The van der Waals surface area contributed by atoms with Gasteiger partial charge in [0.25, 0.3) is 0 Å². The number of hydrogen-bond donors (Lipinski definition) is 1. The van der Waals surface area contributed by atoms with Gasteiger partial charge in [0.1, 0.15) is 28.9 Å². The van der Waals surface area contributed by atoms with Crippen LogP contribution in [0.2, 0.25) is 0 Å². The summed E-state index contributed by atoms with van der Waals surface area (Å²) in [4.78, 5) is 4.28. The Hall–Kier alpha value is -3.73. The molecule has 0 fully saturated rings. The van der Waals surface area contributed by atoms with E-state index in [1.807, 2.05) is 6.07 Å². The first-order valence-electron chi connectivity index (χ1n) is 8.02. The average molecular weight is 385 g/mol. The van der Waals surface area contributed by atoms with Crippen molar-refractivity contribution in [2.75, 3.05) is 12.8 Å². The summed E-state index contributed by atoms with van der Waals surface area (Å²) in [5, 5.41) is 9.46. The molecule has 28 heavy (non-hydrogen) atoms. The number of rotatable bonds is 4. The summed E-state index contributed by atoms with van der Waals surface area (Å²) in [5.41, 5.74) is 8.17. The zero-order chi connectivity index (χ0) is 20.3. The van der Waals surface area contributed by atoms with Crippen LogP contribution in [0.15, 0.2) is 54.6 Å². The van der Waals surface area contributed by atoms with Crippen molar-refractivity contribution < 1.29 is 22.6 Å². The van der Waals surface area contributed by atoms with Gasteiger partial charge in [-0.25, -0.2) is 4.98 Å². The van der Waals surface area contributed by atoms with Crippen molar-refractivity contribution >= 4 is 5.82 Å². The number of para-hydroxylation sites is 1. The lowest BCUT2D eigenvalue weighted by molar-refractivity contribution is -0.274. The molecule has 0 aliphatic carbocycles. The third-order valence-corrected chi connectivity index (χ3v) is 3.94. The molecule has 5 nitrogen and oxygen atoms in total. The number of benzene rings is 2. The fourth-order valence-electron chi connectivity index (χ4n) is 2.74. The summed E-state index contributed by atoms with van der Waals surface area (Å²) < 4.78 is 46.3. The van der Waals surface area contributed by atoms with Crippen molar-refractivity contribution in [1.82, 2.24) is 4.98 Å². The molecule has 3 rings (SSSR count). The summed E-state index contributed by atoms with van der Waals surface area (Å²) in [7, 11) is 1.52. The number of ether oxygens (including phenoxy) is 2. The first kappa shape index (κ1) is 19.0. The van der Waals surface area contributed by atoms with Crippen LogP contribution < -0.4 is 15.2 Å². The van der Waals surface area contributed by atoms with Crippen molar-refractivity contribution in [1.29, 1.82) is 5.26 Å². The number of nitrogens with two attached hydrogens (primary N) is 1. The summed E-state index contributed by atoms with van der Waals surface area (Å²) in [6, 6.07) is 16.0. The predicted molar refractivity (Wildman–Crippen MR) is 97.5 cm³/mol. The predicted octanol–water partition coefficient (Wildman–Crippen LogP) is 4.78. The van der Waals surface area contributed by atoms with E-state index < -0.39 is 6.36 Å². The minimum atomic E-state index is -4.78. The minimum absolute atomic E-state index is 0.0107. The number of aromatic nitrogens is 1. The van der Waals surface area contributed by atoms with Crippen molar-refractivity contribution in [3.05, 3.63) is 60.2 Å². The molecule has 0 aliphatic heterocycles. The molecule has 0 unspecified atom stereocenters. The van der Waals surface area contributed by atoms with E-state index in [2.05, 4.69) is 9.72 Å². The Kier molecular flexibility index (Phi) is 5.09. The van der Waals surface area contributed by atoms with E-state index in [4.69, 9.17) is 10.5 Å². The van der Waals surface area contributed by atoms with E-state index in [-0.39, 0.29) is 17.1 Å². The highest BCUT2D eigenvalue weighted by molar-refractivity contribution is 5.81. The van der Waals surface area contributed by atoms with E-state index >= 15 is 0 Å². The number of pyridine rings is 1. The molecule has 3 aromatic rings. The number of methoxy groups -OCH3 is 1. The number of anilines is 1. The Bertz CT molecular complexity index is 1040. The first-order valence-corrected chi connectivity index (χ1v) is 8.02. The Balaban J connectivity index is 2.10. The molecule has 0 radical (unpaired) electrons. The maximum Gasteiger partial charge on any atom is 0.573 e. The monoisotopic (exact) mass is 385 g/mol. The topological polar surface area (TPSA) is 81.2 Å². The highest BCUT2D eigenvalue weighted by Crippen LogP contribution is 2.35. The fourth-order valence-corrected chi connectivity index (χ4v) is 2.74. The smallest absolute Gasteiger partial charge is 0.496 e. The molecule has 1 aromatic heterocycles. The van der Waals surface area contributed by atoms with Gasteiger partial charge in [-0.2, -0.15) is 5.26 Å². The van der Waals surface area contributed by atoms with Gasteiger partial charge < -0.3 is 15.2 Å². The van der Waals surface area contributed by atoms with E-state index in [0.29, 0.717) is 28.1 Å². The first-order chi connectivity index (χ1) is 13.3. The lowest BCUT2D eigenvalue weighted by atomic mass is 9.98. The molecule has 142 valence electrons. The van der Waals surface area contributed by atoms with Crippen LogP contribution in [0.4, 0.5) is 19.0 Å². The maximum atomic E-state index is 12.3. The van der Waals surface area contributed by atoms with E-state index in [9.17, 15) is 18.4 Å². The van der Waals surface area contributed by atoms with Crippen LogP contribution in [-0.2, 0) is 0 Å². The van der Waals surface area contributed by atoms with Gasteiger partial charge in [0.2, 0.25) is 0 Å². The number of alkyl halides is 3. The molecular formula is C20H14F3N3O2. The van der Waals surface area contributed by atoms with Crippen molar-refractivity contribution in [2.45, 2.75) is 6.36 Å². The van der Waals surface area contributed by atoms with Crippen LogP contribution in [0.25, 0.3) is 22.4 Å². The van der Waals surface area contributed by atoms with E-state index in [1.165, 1.54) is 31.4 Å². The van der Waals surface area contributed by atoms with E-state index in [1.54, 1.807) is 30.3 Å². The summed E-state index contributed by atoms with van der Waals surface area (Å²) in [6.45, 7) is 0. The molecule has 2 N–H and O–H groups in total. The van der Waals surface area contributed by atoms with Crippen LogP contribution in [-0.4, -0.2) is 18.5 Å². The molecule has 0 amide bonds. The Morgan fingerprint density at radius 2 is 1.71 bits per heavy atom. The van der Waals surface area contributed by atoms with Crippen molar-refractivity contribution in [2.24, 2.45) is 0 Å². The fraction of sp³-hybridized carbons (Fsp3) is 0.100. The minimum Gasteiger partial charge on any atom is -0.496 e. The van der Waals surface area contributed by atoms with Gasteiger partial charge in [-0.05, 0) is 35.9 Å². The SMILES string of the molecule is COc1ccccc1-c1cc(-c2ccc(OC(F)(F)F)cc2)c(C#N)c(N)n1. The van der Waals surface area contributed by atoms with Gasteiger partial charge in [0, 0.05) is 11.1 Å². The van der Waals surface area contributed by atoms with Gasteiger partial charge in [-0.15, -0.1) is 13.2 Å². The van der Waals surface area contributed by atoms with Crippen LogP contribution in [0, 0.1) is 11.3 Å². The Labute approximate surface area is 158 Å². The molecule has 1 heterocycles. The molecule has 0 bridgehead atoms. The molecule has 8 heteroatoms. The van der Waals surface area contributed by atoms with Gasteiger partial charge in [0.05, 0.1) is 12.8 Å². The van der Waals surface area contributed by atoms with Crippen LogP contribution >= 0.6 is 0 Å². The second-order valence-corrected chi connectivity index (χ2v) is 5.70. The number of nitrogens with zero attached hydrogens (tertiary/aromatic N) is 2. The van der Waals surface area contributed by atoms with Gasteiger partial charge in [-0.1, -0.05) is 24.3 Å². The zero-order valence-electron chi connectivity index (χ0n) is 14.6. The maximum absolute atomic E-state index is 12.3. The Morgan fingerprint density at radius 3 is 2.32 bits per heavy atom. The third-order valence-electron chi connectivity index (χ3n) is 3.94. The van der Waals surface area contributed by atoms with Gasteiger partial charge in [-0.3, -0.25) is 0 Å². The molecule has 0 aliphatic rings. The summed E-state index contributed by atoms with van der Waals surface area (Å²) in [5.74, 6) is 0.220. The molecular weight excluding hydrogens is 371 g/mol. The standard InChI is InChI=1S/C20H14F3N3O2/c1-27-18-5-3-2-4-14(18)17-10-15(16(11-24)19(25)26-17)12-6-8-13(9-7-12)28-20(21,22)23/h2-10H,1H3,(H2,25,26). The Morgan fingerprint density at radius 1 is 1.04 bits per heavy atom.